The van der Waals surface area contributed by atoms with Crippen LogP contribution in [0.3, 0.4) is 0 Å². The van der Waals surface area contributed by atoms with Crippen LogP contribution in [-0.2, 0) is 14.8 Å². The molecule has 0 unspecified atom stereocenters. The Labute approximate surface area is 148 Å². The predicted molar refractivity (Wildman–Crippen MR) is 100 cm³/mol. The van der Waals surface area contributed by atoms with Crippen molar-refractivity contribution in [3.63, 3.8) is 0 Å². The van der Waals surface area contributed by atoms with Gasteiger partial charge >= 0.3 is 0 Å². The average molecular weight is 359 g/mol. The number of carbonyl (C=O) groups excluding carboxylic acids is 1. The summed E-state index contributed by atoms with van der Waals surface area (Å²) >= 11 is 0. The van der Waals surface area contributed by atoms with Gasteiger partial charge in [0.05, 0.1) is 18.2 Å². The number of hydrogen-bond acceptors (Lipinski definition) is 4. The van der Waals surface area contributed by atoms with E-state index in [1.165, 1.54) is 6.21 Å². The van der Waals surface area contributed by atoms with Crippen LogP contribution in [0.5, 0.6) is 0 Å². The zero-order chi connectivity index (χ0) is 18.4. The number of anilines is 1. The molecular weight excluding hydrogens is 338 g/mol. The van der Waals surface area contributed by atoms with Gasteiger partial charge in [-0.3, -0.25) is 9.10 Å². The molecule has 1 amide bonds. The smallest absolute Gasteiger partial charge is 0.260 e. The number of carbonyl (C=O) groups is 1. The van der Waals surface area contributed by atoms with E-state index in [1.54, 1.807) is 18.2 Å². The Hall–Kier alpha value is -2.67. The minimum absolute atomic E-state index is 0.340. The lowest BCUT2D eigenvalue weighted by Gasteiger charge is -2.21. The van der Waals surface area contributed by atoms with E-state index in [0.717, 1.165) is 27.3 Å². The maximum atomic E-state index is 12.1. The number of rotatable bonds is 6. The highest BCUT2D eigenvalue weighted by atomic mass is 32.2. The third kappa shape index (κ3) is 5.72. The molecule has 2 rings (SSSR count). The van der Waals surface area contributed by atoms with E-state index in [-0.39, 0.29) is 6.54 Å². The van der Waals surface area contributed by atoms with E-state index in [9.17, 15) is 13.2 Å². The van der Waals surface area contributed by atoms with Gasteiger partial charge in [-0.1, -0.05) is 42.0 Å². The van der Waals surface area contributed by atoms with Crippen molar-refractivity contribution in [2.75, 3.05) is 17.1 Å². The summed E-state index contributed by atoms with van der Waals surface area (Å²) in [4.78, 5) is 12.1. The molecule has 0 radical (unpaired) electrons. The molecular formula is C18H21N3O3S. The second-order valence-electron chi connectivity index (χ2n) is 5.82. The Kier molecular flexibility index (Phi) is 5.93. The monoisotopic (exact) mass is 359 g/mol. The van der Waals surface area contributed by atoms with Gasteiger partial charge in [-0.2, -0.15) is 5.10 Å². The Bertz CT molecular complexity index is 892. The third-order valence-electron chi connectivity index (χ3n) is 3.42. The third-order valence-corrected chi connectivity index (χ3v) is 4.56. The number of hydrogen-bond donors (Lipinski definition) is 1. The molecule has 1 N–H and O–H groups in total. The fraction of sp³-hybridized carbons (Fsp3) is 0.222. The van der Waals surface area contributed by atoms with Gasteiger partial charge in [0, 0.05) is 0 Å². The summed E-state index contributed by atoms with van der Waals surface area (Å²) in [5, 5.41) is 3.88. The standard InChI is InChI=1S/C18H21N3O3S/c1-14-6-4-8-16(10-14)12-19-20-18(22)13-21(25(3,23)24)17-9-5-7-15(2)11-17/h4-12H,13H2,1-3H3,(H,20,22)/b19-12-. The van der Waals surface area contributed by atoms with Gasteiger partial charge in [0.1, 0.15) is 6.54 Å². The van der Waals surface area contributed by atoms with Crippen LogP contribution in [0.1, 0.15) is 16.7 Å². The molecule has 0 bridgehead atoms. The Morgan fingerprint density at radius 3 is 2.36 bits per heavy atom. The van der Waals surface area contributed by atoms with Gasteiger partial charge in [-0.15, -0.1) is 0 Å². The summed E-state index contributed by atoms with van der Waals surface area (Å²) in [6.45, 7) is 3.48. The van der Waals surface area contributed by atoms with Crippen LogP contribution in [-0.4, -0.2) is 33.3 Å². The Morgan fingerprint density at radius 1 is 1.12 bits per heavy atom. The van der Waals surface area contributed by atoms with Gasteiger partial charge in [0.2, 0.25) is 10.0 Å². The fourth-order valence-corrected chi connectivity index (χ4v) is 3.13. The number of nitrogens with zero attached hydrogens (tertiary/aromatic N) is 2. The molecule has 132 valence electrons. The fourth-order valence-electron chi connectivity index (χ4n) is 2.28. The van der Waals surface area contributed by atoms with E-state index < -0.39 is 15.9 Å². The minimum Gasteiger partial charge on any atom is -0.271 e. The number of hydrazone groups is 1. The van der Waals surface area contributed by atoms with Crippen molar-refractivity contribution in [1.29, 1.82) is 0 Å². The molecule has 0 aliphatic heterocycles. The maximum absolute atomic E-state index is 12.1. The lowest BCUT2D eigenvalue weighted by atomic mass is 10.2. The van der Waals surface area contributed by atoms with E-state index in [0.29, 0.717) is 5.69 Å². The molecule has 0 aliphatic carbocycles. The first-order valence-corrected chi connectivity index (χ1v) is 9.53. The summed E-state index contributed by atoms with van der Waals surface area (Å²) in [5.74, 6) is -0.518. The highest BCUT2D eigenvalue weighted by Crippen LogP contribution is 2.18. The second-order valence-corrected chi connectivity index (χ2v) is 7.72. The molecule has 0 aromatic heterocycles. The van der Waals surface area contributed by atoms with Gasteiger partial charge in [0.15, 0.2) is 0 Å². The summed E-state index contributed by atoms with van der Waals surface area (Å²) in [6, 6.07) is 14.6. The van der Waals surface area contributed by atoms with Crippen LogP contribution in [0.15, 0.2) is 53.6 Å². The van der Waals surface area contributed by atoms with E-state index >= 15 is 0 Å². The lowest BCUT2D eigenvalue weighted by Crippen LogP contribution is -2.39. The van der Waals surface area contributed by atoms with E-state index in [1.807, 2.05) is 44.2 Å². The number of sulfonamides is 1. The summed E-state index contributed by atoms with van der Waals surface area (Å²) in [7, 11) is -3.59. The first-order chi connectivity index (χ1) is 11.8. The van der Waals surface area contributed by atoms with Crippen LogP contribution in [0, 0.1) is 13.8 Å². The molecule has 2 aromatic rings. The molecule has 0 aliphatic rings. The van der Waals surface area contributed by atoms with Gasteiger partial charge in [-0.25, -0.2) is 13.8 Å². The highest BCUT2D eigenvalue weighted by Gasteiger charge is 2.20. The molecule has 0 spiro atoms. The zero-order valence-corrected chi connectivity index (χ0v) is 15.2. The summed E-state index contributed by atoms with van der Waals surface area (Å²) in [5.41, 5.74) is 5.64. The average Bonchev–Trinajstić information content (AvgIpc) is 2.51. The van der Waals surface area contributed by atoms with Gasteiger partial charge in [0.25, 0.3) is 5.91 Å². The molecule has 0 saturated heterocycles. The van der Waals surface area contributed by atoms with Crippen molar-refractivity contribution in [1.82, 2.24) is 5.43 Å². The predicted octanol–water partition coefficient (Wildman–Crippen LogP) is 2.22. The van der Waals surface area contributed by atoms with Crippen LogP contribution in [0.4, 0.5) is 5.69 Å². The molecule has 0 fully saturated rings. The van der Waals surface area contributed by atoms with Crippen LogP contribution < -0.4 is 9.73 Å². The first-order valence-electron chi connectivity index (χ1n) is 7.68. The summed E-state index contributed by atoms with van der Waals surface area (Å²) < 4.78 is 25.1. The maximum Gasteiger partial charge on any atom is 0.260 e. The molecule has 0 atom stereocenters. The Balaban J connectivity index is 2.07. The molecule has 0 saturated carbocycles. The van der Waals surface area contributed by atoms with Crippen LogP contribution >= 0.6 is 0 Å². The van der Waals surface area contributed by atoms with Crippen LogP contribution in [0.25, 0.3) is 0 Å². The van der Waals surface area contributed by atoms with Crippen molar-refractivity contribution in [2.24, 2.45) is 5.10 Å². The first kappa shape index (κ1) is 18.7. The number of aryl methyl sites for hydroxylation is 2. The largest absolute Gasteiger partial charge is 0.271 e. The zero-order valence-electron chi connectivity index (χ0n) is 14.4. The van der Waals surface area contributed by atoms with Crippen molar-refractivity contribution in [3.05, 3.63) is 65.2 Å². The van der Waals surface area contributed by atoms with E-state index in [4.69, 9.17) is 0 Å². The minimum atomic E-state index is -3.59. The van der Waals surface area contributed by atoms with Crippen molar-refractivity contribution in [2.45, 2.75) is 13.8 Å². The van der Waals surface area contributed by atoms with Crippen molar-refractivity contribution < 1.29 is 13.2 Å². The highest BCUT2D eigenvalue weighted by molar-refractivity contribution is 7.92. The lowest BCUT2D eigenvalue weighted by molar-refractivity contribution is -0.119. The molecule has 25 heavy (non-hydrogen) atoms. The van der Waals surface area contributed by atoms with E-state index in [2.05, 4.69) is 10.5 Å². The number of nitrogens with one attached hydrogen (secondary N) is 1. The van der Waals surface area contributed by atoms with Crippen LogP contribution in [0.2, 0.25) is 0 Å². The Morgan fingerprint density at radius 2 is 1.76 bits per heavy atom. The number of benzene rings is 2. The normalized spacial score (nSPS) is 11.5. The quantitative estimate of drug-likeness (QED) is 0.634. The van der Waals surface area contributed by atoms with Gasteiger partial charge < -0.3 is 0 Å². The van der Waals surface area contributed by atoms with Gasteiger partial charge in [-0.05, 0) is 37.1 Å². The van der Waals surface area contributed by atoms with Crippen molar-refractivity contribution >= 4 is 27.8 Å². The summed E-state index contributed by atoms with van der Waals surface area (Å²) in [6.07, 6.45) is 2.58. The molecule has 2 aromatic carbocycles. The van der Waals surface area contributed by atoms with Crippen molar-refractivity contribution in [3.8, 4) is 0 Å². The molecule has 7 heteroatoms. The second kappa shape index (κ2) is 7.94. The number of amides is 1. The molecule has 6 nitrogen and oxygen atoms in total. The molecule has 0 heterocycles. The topological polar surface area (TPSA) is 78.8 Å². The SMILES string of the molecule is Cc1cccc(/C=N\NC(=O)CN(c2cccc(C)c2)S(C)(=O)=O)c1.